The van der Waals surface area contributed by atoms with E-state index in [2.05, 4.69) is 25.6 Å². The van der Waals surface area contributed by atoms with Crippen molar-refractivity contribution >= 4 is 11.8 Å². The first-order chi connectivity index (χ1) is 4.29. The number of hydrogen-bond acceptors (Lipinski definition) is 5. The normalized spacial score (nSPS) is 11.9. The van der Waals surface area contributed by atoms with Gasteiger partial charge in [0.2, 0.25) is 0 Å². The predicted molar refractivity (Wildman–Crippen MR) is 26.9 cm³/mol. The molecule has 0 amide bonds. The average Bonchev–Trinajstić information content (AvgIpc) is 2.15. The van der Waals surface area contributed by atoms with E-state index in [-0.39, 0.29) is 11.8 Å². The number of tetrazole rings is 1. The van der Waals surface area contributed by atoms with Gasteiger partial charge in [0.15, 0.2) is 0 Å². The third kappa shape index (κ3) is 1.48. The van der Waals surface area contributed by atoms with Crippen molar-refractivity contribution in [3.63, 3.8) is 0 Å². The number of hydrogen-bond donors (Lipinski definition) is 1. The van der Waals surface area contributed by atoms with E-state index in [1.807, 2.05) is 0 Å². The van der Waals surface area contributed by atoms with E-state index in [4.69, 9.17) is 0 Å². The quantitative estimate of drug-likeness (QED) is 0.370. The minimum atomic E-state index is -0.337. The largest absolute Gasteiger partial charge is 0.862 e. The summed E-state index contributed by atoms with van der Waals surface area (Å²) in [5, 5.41) is 22.4. The van der Waals surface area contributed by atoms with Gasteiger partial charge in [0, 0.05) is 0 Å². The van der Waals surface area contributed by atoms with Crippen molar-refractivity contribution in [3.8, 4) is 0 Å². The van der Waals surface area contributed by atoms with Crippen LogP contribution in [0, 0.1) is 0 Å². The number of nitrogens with one attached hydrogen (secondary N) is 1. The first kappa shape index (κ1) is 5.67. The van der Waals surface area contributed by atoms with Crippen molar-refractivity contribution in [3.05, 3.63) is 0 Å². The molecule has 1 aromatic rings. The summed E-state index contributed by atoms with van der Waals surface area (Å²) < 4.78 is 0. The van der Waals surface area contributed by atoms with Crippen molar-refractivity contribution in [1.29, 1.82) is 0 Å². The van der Waals surface area contributed by atoms with E-state index in [1.54, 1.807) is 0 Å². The summed E-state index contributed by atoms with van der Waals surface area (Å²) in [6, 6.07) is 0. The summed E-state index contributed by atoms with van der Waals surface area (Å²) in [6.07, 6.45) is 0. The van der Waals surface area contributed by atoms with Gasteiger partial charge in [-0.25, -0.2) is 4.99 Å². The minimum Gasteiger partial charge on any atom is -0.862 e. The highest BCUT2D eigenvalue weighted by Crippen LogP contribution is 1.94. The van der Waals surface area contributed by atoms with Crippen LogP contribution in [0.2, 0.25) is 0 Å². The van der Waals surface area contributed by atoms with Crippen molar-refractivity contribution in [1.82, 2.24) is 20.6 Å². The van der Waals surface area contributed by atoms with Gasteiger partial charge < -0.3 is 5.11 Å². The monoisotopic (exact) mass is 126 g/mol. The number of H-pyrrole nitrogens is 1. The zero-order chi connectivity index (χ0) is 6.69. The number of aromatic amines is 1. The maximum atomic E-state index is 10.2. The Labute approximate surface area is 50.6 Å². The molecule has 6 nitrogen and oxygen atoms in total. The maximum Gasteiger partial charge on any atom is 0.287 e. The van der Waals surface area contributed by atoms with E-state index in [1.165, 1.54) is 6.92 Å². The summed E-state index contributed by atoms with van der Waals surface area (Å²) in [5.74, 6) is -0.265. The van der Waals surface area contributed by atoms with Gasteiger partial charge in [0.05, 0.1) is 0 Å². The molecule has 1 rings (SSSR count). The number of nitrogens with zero attached hydrogens (tertiary/aromatic N) is 4. The van der Waals surface area contributed by atoms with Crippen molar-refractivity contribution in [2.45, 2.75) is 6.92 Å². The van der Waals surface area contributed by atoms with Crippen LogP contribution in [0.4, 0.5) is 5.95 Å². The Hall–Kier alpha value is -1.46. The third-order valence-electron chi connectivity index (χ3n) is 0.592. The van der Waals surface area contributed by atoms with Crippen LogP contribution >= 0.6 is 0 Å². The molecule has 0 atom stereocenters. The zero-order valence-electron chi connectivity index (χ0n) is 4.70. The van der Waals surface area contributed by atoms with Gasteiger partial charge in [-0.1, -0.05) is 5.10 Å². The molecule has 0 fully saturated rings. The van der Waals surface area contributed by atoms with Gasteiger partial charge in [0.1, 0.15) is 0 Å². The summed E-state index contributed by atoms with van der Waals surface area (Å²) >= 11 is 0. The molecule has 0 saturated heterocycles. The number of aromatic nitrogens is 4. The molecule has 0 aliphatic carbocycles. The van der Waals surface area contributed by atoms with Gasteiger partial charge in [0.25, 0.3) is 5.95 Å². The summed E-state index contributed by atoms with van der Waals surface area (Å²) in [7, 11) is 0. The Bertz CT molecular complexity index is 198. The average molecular weight is 126 g/mol. The second-order valence-electron chi connectivity index (χ2n) is 1.34. The van der Waals surface area contributed by atoms with Crippen molar-refractivity contribution in [2.24, 2.45) is 4.99 Å². The van der Waals surface area contributed by atoms with Gasteiger partial charge in [-0.15, -0.1) is 5.10 Å². The van der Waals surface area contributed by atoms with Gasteiger partial charge >= 0.3 is 0 Å². The van der Waals surface area contributed by atoms with Gasteiger partial charge in [-0.05, 0) is 18.0 Å². The predicted octanol–water partition coefficient (Wildman–Crippen LogP) is -1.39. The number of rotatable bonds is 1. The molecule has 48 valence electrons. The third-order valence-corrected chi connectivity index (χ3v) is 0.592. The molecule has 0 saturated carbocycles. The van der Waals surface area contributed by atoms with Crippen LogP contribution < -0.4 is 5.11 Å². The lowest BCUT2D eigenvalue weighted by Gasteiger charge is -1.96. The Kier molecular flexibility index (Phi) is 1.39. The molecule has 0 aliphatic heterocycles. The van der Waals surface area contributed by atoms with E-state index >= 15 is 0 Å². The van der Waals surface area contributed by atoms with Crippen LogP contribution in [-0.2, 0) is 0 Å². The Morgan fingerprint density at radius 3 is 3.00 bits per heavy atom. The topological polar surface area (TPSA) is 89.9 Å². The van der Waals surface area contributed by atoms with Gasteiger partial charge in [-0.2, -0.15) is 5.21 Å². The summed E-state index contributed by atoms with van der Waals surface area (Å²) in [5.41, 5.74) is 0. The SMILES string of the molecule is CC([O-])=Nc1nn[nH]n1. The smallest absolute Gasteiger partial charge is 0.287 e. The fraction of sp³-hybridized carbons (Fsp3) is 0.333. The highest BCUT2D eigenvalue weighted by atomic mass is 16.3. The second-order valence-corrected chi connectivity index (χ2v) is 1.34. The minimum absolute atomic E-state index is 0.0718. The summed E-state index contributed by atoms with van der Waals surface area (Å²) in [4.78, 5) is 3.36. The molecular weight excluding hydrogens is 122 g/mol. The summed E-state index contributed by atoms with van der Waals surface area (Å²) in [6.45, 7) is 1.32. The maximum absolute atomic E-state index is 10.2. The zero-order valence-corrected chi connectivity index (χ0v) is 4.70. The highest BCUT2D eigenvalue weighted by Gasteiger charge is 1.87. The first-order valence-corrected chi connectivity index (χ1v) is 2.25. The fourth-order valence-corrected chi connectivity index (χ4v) is 0.345. The molecule has 9 heavy (non-hydrogen) atoms. The van der Waals surface area contributed by atoms with E-state index in [0.717, 1.165) is 0 Å². The van der Waals surface area contributed by atoms with E-state index in [9.17, 15) is 5.11 Å². The van der Waals surface area contributed by atoms with E-state index in [0.29, 0.717) is 0 Å². The van der Waals surface area contributed by atoms with Crippen LogP contribution in [0.5, 0.6) is 0 Å². The molecule has 0 aromatic carbocycles. The molecular formula is C3H4N5O-. The number of aliphatic imine (C=N–C) groups is 1. The lowest BCUT2D eigenvalue weighted by Crippen LogP contribution is -2.11. The van der Waals surface area contributed by atoms with Crippen LogP contribution in [0.25, 0.3) is 0 Å². The Morgan fingerprint density at radius 2 is 2.56 bits per heavy atom. The molecule has 1 heterocycles. The second kappa shape index (κ2) is 2.21. The molecule has 0 radical (unpaired) electrons. The van der Waals surface area contributed by atoms with Crippen molar-refractivity contribution < 1.29 is 5.11 Å². The molecule has 0 bridgehead atoms. The van der Waals surface area contributed by atoms with Gasteiger partial charge in [-0.3, -0.25) is 0 Å². The molecule has 6 heteroatoms. The van der Waals surface area contributed by atoms with Crippen LogP contribution in [0.3, 0.4) is 0 Å². The molecule has 0 aliphatic rings. The lowest BCUT2D eigenvalue weighted by atomic mass is 10.8. The Balaban J connectivity index is 2.80. The Morgan fingerprint density at radius 1 is 1.78 bits per heavy atom. The molecule has 1 aromatic heterocycles. The fourth-order valence-electron chi connectivity index (χ4n) is 0.345. The van der Waals surface area contributed by atoms with Crippen LogP contribution in [-0.4, -0.2) is 26.5 Å². The standard InChI is InChI=1S/C3H5N5O/c1-2(9)4-3-5-7-8-6-3/h1H3,(H2,4,5,6,7,8,9)/p-1. The molecule has 0 spiro atoms. The molecule has 0 unspecified atom stereocenters. The lowest BCUT2D eigenvalue weighted by molar-refractivity contribution is -0.215. The highest BCUT2D eigenvalue weighted by molar-refractivity contribution is 5.70. The first-order valence-electron chi connectivity index (χ1n) is 2.25. The van der Waals surface area contributed by atoms with Crippen LogP contribution in [0.1, 0.15) is 6.92 Å². The van der Waals surface area contributed by atoms with Crippen molar-refractivity contribution in [2.75, 3.05) is 0 Å². The molecule has 1 N–H and O–H groups in total. The van der Waals surface area contributed by atoms with E-state index < -0.39 is 0 Å². The van der Waals surface area contributed by atoms with Crippen LogP contribution in [0.15, 0.2) is 4.99 Å².